The lowest BCUT2D eigenvalue weighted by Crippen LogP contribution is -2.09. The van der Waals surface area contributed by atoms with Gasteiger partial charge >= 0.3 is 5.97 Å². The van der Waals surface area contributed by atoms with Crippen LogP contribution >= 0.6 is 31.9 Å². The van der Waals surface area contributed by atoms with Gasteiger partial charge in [0.2, 0.25) is 0 Å². The van der Waals surface area contributed by atoms with Crippen molar-refractivity contribution in [3.63, 3.8) is 0 Å². The predicted molar refractivity (Wildman–Crippen MR) is 152 cm³/mol. The Balaban J connectivity index is 0.000000398. The summed E-state index contributed by atoms with van der Waals surface area (Å²) in [7, 11) is 0. The first-order valence-corrected chi connectivity index (χ1v) is 13.3. The summed E-state index contributed by atoms with van der Waals surface area (Å²) in [6, 6.07) is 12.5. The van der Waals surface area contributed by atoms with E-state index in [0.29, 0.717) is 15.8 Å². The lowest BCUT2D eigenvalue weighted by molar-refractivity contribution is -0.142. The van der Waals surface area contributed by atoms with Crippen LogP contribution in [0, 0.1) is 19.7 Å². The summed E-state index contributed by atoms with van der Waals surface area (Å²) < 4.78 is 50.6. The van der Waals surface area contributed by atoms with Crippen LogP contribution in [0.25, 0.3) is 0 Å². The fourth-order valence-electron chi connectivity index (χ4n) is 2.92. The van der Waals surface area contributed by atoms with Gasteiger partial charge in [-0.05, 0) is 74.7 Å². The fraction of sp³-hybridized carbons (Fsp3) is 0.276. The van der Waals surface area contributed by atoms with E-state index in [2.05, 4.69) is 45.4 Å². The molecule has 0 fully saturated rings. The van der Waals surface area contributed by atoms with Crippen LogP contribution in [0.1, 0.15) is 48.9 Å². The van der Waals surface area contributed by atoms with E-state index in [0.717, 1.165) is 22.5 Å². The number of halogens is 5. The predicted octanol–water partition coefficient (Wildman–Crippen LogP) is 9.78. The van der Waals surface area contributed by atoms with Crippen LogP contribution in [-0.4, -0.2) is 17.7 Å². The number of aromatic hydroxyl groups is 1. The maximum atomic E-state index is 14.7. The van der Waals surface area contributed by atoms with Gasteiger partial charge in [0.15, 0.2) is 11.6 Å². The third-order valence-electron chi connectivity index (χ3n) is 4.70. The number of carbonyl (C=O) groups excluding carboxylic acids is 1. The number of ether oxygens (including phenoxy) is 2. The van der Waals surface area contributed by atoms with Gasteiger partial charge in [-0.25, -0.2) is 13.2 Å². The third-order valence-corrected chi connectivity index (χ3v) is 5.61. The molecule has 0 saturated carbocycles. The number of alkyl halides is 2. The Morgan fingerprint density at radius 1 is 1.05 bits per heavy atom. The molecule has 0 aliphatic carbocycles. The van der Waals surface area contributed by atoms with Gasteiger partial charge in [0.1, 0.15) is 11.5 Å². The fourth-order valence-corrected chi connectivity index (χ4v) is 4.01. The summed E-state index contributed by atoms with van der Waals surface area (Å²) in [6.07, 6.45) is 0.298. The number of hydrogen-bond acceptors (Lipinski definition) is 4. The van der Waals surface area contributed by atoms with E-state index < -0.39 is 18.2 Å². The minimum atomic E-state index is -2.54. The molecule has 1 N–H and O–H groups in total. The number of allylic oxidation sites excluding steroid dienone is 1. The average molecular weight is 660 g/mol. The molecule has 0 aliphatic rings. The van der Waals surface area contributed by atoms with Crippen LogP contribution in [0.15, 0.2) is 70.1 Å². The zero-order valence-electron chi connectivity index (χ0n) is 21.7. The van der Waals surface area contributed by atoms with E-state index in [4.69, 9.17) is 14.6 Å². The number of phenolic OH excluding ortho intramolecular Hbond substituents is 1. The number of hydrogen-bond donors (Lipinski definition) is 1. The third kappa shape index (κ3) is 11.7. The number of aryl methyl sites for hydroxylation is 2. The summed E-state index contributed by atoms with van der Waals surface area (Å²) in [5, 5.41) is 8.88. The molecule has 0 atom stereocenters. The van der Waals surface area contributed by atoms with Crippen LogP contribution in [0.4, 0.5) is 13.2 Å². The number of esters is 1. The lowest BCUT2D eigenvalue weighted by atomic mass is 10.1. The van der Waals surface area contributed by atoms with Crippen molar-refractivity contribution in [1.82, 2.24) is 0 Å². The molecular weight excluding hydrogens is 629 g/mol. The molecule has 3 aromatic rings. The standard InChI is InChI=1S/C18H18BrFO3.C7H5BrF2O.C4H8/c1-4-22-16(21)9-13-6-5-12(3)18(17(13)20)23-15-8-11(2)7-14(19)10-15;8-5-1-4(7(9)10)2-6(11)3-5;1-3-4-2/h5-8,10H,4,9H2,1-3H3;1-3,7,11H;3H,1,4H2,2H3. The first-order chi connectivity index (χ1) is 17.9. The van der Waals surface area contributed by atoms with E-state index >= 15 is 0 Å². The van der Waals surface area contributed by atoms with Gasteiger partial charge in [0.25, 0.3) is 6.43 Å². The molecule has 38 heavy (non-hydrogen) atoms. The van der Waals surface area contributed by atoms with Gasteiger partial charge in [-0.15, -0.1) is 6.58 Å². The van der Waals surface area contributed by atoms with E-state index in [9.17, 15) is 18.0 Å². The molecule has 0 heterocycles. The Kier molecular flexibility index (Phi) is 14.8. The van der Waals surface area contributed by atoms with Crippen LogP contribution in [0.3, 0.4) is 0 Å². The molecule has 0 amide bonds. The second-order valence-electron chi connectivity index (χ2n) is 7.97. The first kappa shape index (κ1) is 33.2. The Morgan fingerprint density at radius 2 is 1.68 bits per heavy atom. The maximum absolute atomic E-state index is 14.7. The summed E-state index contributed by atoms with van der Waals surface area (Å²) in [4.78, 5) is 11.6. The van der Waals surface area contributed by atoms with Crippen molar-refractivity contribution in [2.45, 2.75) is 47.0 Å². The quantitative estimate of drug-likeness (QED) is 0.203. The van der Waals surface area contributed by atoms with Crippen molar-refractivity contribution in [3.8, 4) is 17.2 Å². The van der Waals surface area contributed by atoms with Crippen molar-refractivity contribution in [2.24, 2.45) is 0 Å². The normalized spacial score (nSPS) is 10.1. The van der Waals surface area contributed by atoms with Gasteiger partial charge in [-0.2, -0.15) is 0 Å². The van der Waals surface area contributed by atoms with Gasteiger partial charge < -0.3 is 14.6 Å². The Bertz CT molecular complexity index is 1180. The second kappa shape index (κ2) is 16.9. The maximum Gasteiger partial charge on any atom is 0.310 e. The second-order valence-corrected chi connectivity index (χ2v) is 9.80. The molecule has 9 heteroatoms. The Labute approximate surface area is 238 Å². The summed E-state index contributed by atoms with van der Waals surface area (Å²) in [6.45, 7) is 11.2. The number of benzene rings is 3. The summed E-state index contributed by atoms with van der Waals surface area (Å²) in [5.74, 6) is -0.485. The average Bonchev–Trinajstić information content (AvgIpc) is 2.83. The smallest absolute Gasteiger partial charge is 0.310 e. The molecular formula is C29H31Br2F3O4. The van der Waals surface area contributed by atoms with Crippen molar-refractivity contribution >= 4 is 37.8 Å². The molecule has 0 unspecified atom stereocenters. The Morgan fingerprint density at radius 3 is 2.21 bits per heavy atom. The van der Waals surface area contributed by atoms with Crippen LogP contribution in [-0.2, 0) is 16.0 Å². The van der Waals surface area contributed by atoms with E-state index in [-0.39, 0.29) is 35.7 Å². The largest absolute Gasteiger partial charge is 0.508 e. The summed E-state index contributed by atoms with van der Waals surface area (Å²) in [5.41, 5.74) is 1.73. The molecule has 0 bridgehead atoms. The molecule has 0 saturated heterocycles. The van der Waals surface area contributed by atoms with E-state index in [1.165, 1.54) is 12.1 Å². The van der Waals surface area contributed by atoms with Gasteiger partial charge in [-0.3, -0.25) is 4.79 Å². The number of phenols is 1. The molecule has 0 radical (unpaired) electrons. The molecule has 3 aromatic carbocycles. The summed E-state index contributed by atoms with van der Waals surface area (Å²) >= 11 is 6.38. The monoisotopic (exact) mass is 658 g/mol. The van der Waals surface area contributed by atoms with E-state index in [1.807, 2.05) is 25.1 Å². The highest BCUT2D eigenvalue weighted by Gasteiger charge is 2.17. The van der Waals surface area contributed by atoms with E-state index in [1.54, 1.807) is 32.0 Å². The Hall–Kier alpha value is -2.78. The lowest BCUT2D eigenvalue weighted by Gasteiger charge is -2.13. The highest BCUT2D eigenvalue weighted by atomic mass is 79.9. The SMILES string of the molecule is C=CCC.CCOC(=O)Cc1ccc(C)c(Oc2cc(C)cc(Br)c2)c1F.Oc1cc(Br)cc(C(F)F)c1. The number of rotatable bonds is 7. The zero-order chi connectivity index (χ0) is 28.8. The van der Waals surface area contributed by atoms with Crippen LogP contribution < -0.4 is 4.74 Å². The number of carbonyl (C=O) groups is 1. The van der Waals surface area contributed by atoms with Crippen molar-refractivity contribution in [1.29, 1.82) is 0 Å². The minimum absolute atomic E-state index is 0.117. The van der Waals surface area contributed by atoms with Gasteiger partial charge in [-0.1, -0.05) is 57.0 Å². The zero-order valence-corrected chi connectivity index (χ0v) is 24.8. The molecule has 4 nitrogen and oxygen atoms in total. The first-order valence-electron chi connectivity index (χ1n) is 11.7. The van der Waals surface area contributed by atoms with Crippen molar-refractivity contribution < 1.29 is 32.5 Å². The molecule has 3 rings (SSSR count). The van der Waals surface area contributed by atoms with Crippen molar-refractivity contribution in [2.75, 3.05) is 6.61 Å². The molecule has 0 spiro atoms. The molecule has 0 aromatic heterocycles. The topological polar surface area (TPSA) is 55.8 Å². The van der Waals surface area contributed by atoms with Crippen molar-refractivity contribution in [3.05, 3.63) is 98.2 Å². The van der Waals surface area contributed by atoms with Gasteiger partial charge in [0, 0.05) is 20.1 Å². The van der Waals surface area contributed by atoms with Crippen LogP contribution in [0.2, 0.25) is 0 Å². The molecule has 0 aliphatic heterocycles. The highest BCUT2D eigenvalue weighted by molar-refractivity contribution is 9.10. The van der Waals surface area contributed by atoms with Gasteiger partial charge in [0.05, 0.1) is 13.0 Å². The molecule has 206 valence electrons. The highest BCUT2D eigenvalue weighted by Crippen LogP contribution is 2.32. The van der Waals surface area contributed by atoms with Crippen LogP contribution in [0.5, 0.6) is 17.2 Å². The minimum Gasteiger partial charge on any atom is -0.508 e.